The molecule has 0 bridgehead atoms. The van der Waals surface area contributed by atoms with Crippen molar-refractivity contribution >= 4 is 17.4 Å². The number of hydrogen-bond acceptors (Lipinski definition) is 5. The molecule has 0 unspecified atom stereocenters. The molecule has 1 fully saturated rings. The second-order valence-electron chi connectivity index (χ2n) is 6.98. The van der Waals surface area contributed by atoms with E-state index in [1.54, 1.807) is 17.3 Å². The van der Waals surface area contributed by atoms with Crippen LogP contribution in [0, 0.1) is 6.92 Å². The monoisotopic (exact) mass is 360 g/mol. The average Bonchev–Trinajstić information content (AvgIpc) is 3.41. The highest BCUT2D eigenvalue weighted by molar-refractivity contribution is 6.10. The molecule has 0 N–H and O–H groups in total. The van der Waals surface area contributed by atoms with E-state index in [0.717, 1.165) is 41.7 Å². The summed E-state index contributed by atoms with van der Waals surface area (Å²) in [6.45, 7) is 4.56. The molecule has 136 valence electrons. The Morgan fingerprint density at radius 2 is 1.78 bits per heavy atom. The number of carbonyl (C=O) groups excluding carboxylic acids is 1. The van der Waals surface area contributed by atoms with E-state index in [0.29, 0.717) is 12.1 Å². The lowest BCUT2D eigenvalue weighted by atomic mass is 10.2. The Hall–Kier alpha value is -3.22. The number of hydrogen-bond donors (Lipinski definition) is 0. The number of rotatable bonds is 3. The summed E-state index contributed by atoms with van der Waals surface area (Å²) in [5.41, 5.74) is 4.07. The van der Waals surface area contributed by atoms with E-state index in [4.69, 9.17) is 5.10 Å². The smallest absolute Gasteiger partial charge is 0.262 e. The van der Waals surface area contributed by atoms with Crippen LogP contribution in [0.15, 0.2) is 42.9 Å². The lowest BCUT2D eigenvalue weighted by Crippen LogP contribution is -2.24. The second kappa shape index (κ2) is 6.19. The third-order valence-electron chi connectivity index (χ3n) is 5.34. The highest BCUT2D eigenvalue weighted by atomic mass is 16.2. The Bertz CT molecular complexity index is 989. The molecule has 2 aliphatic heterocycles. The van der Waals surface area contributed by atoms with E-state index in [1.165, 1.54) is 12.8 Å². The molecule has 0 aliphatic carbocycles. The van der Waals surface area contributed by atoms with Gasteiger partial charge in [-0.3, -0.25) is 9.78 Å². The van der Waals surface area contributed by atoms with Crippen molar-refractivity contribution in [1.82, 2.24) is 19.7 Å². The van der Waals surface area contributed by atoms with Crippen molar-refractivity contribution in [2.45, 2.75) is 26.3 Å². The van der Waals surface area contributed by atoms with Gasteiger partial charge in [-0.2, -0.15) is 5.10 Å². The van der Waals surface area contributed by atoms with E-state index >= 15 is 0 Å². The molecule has 5 rings (SSSR count). The van der Waals surface area contributed by atoms with Crippen molar-refractivity contribution in [1.29, 1.82) is 0 Å². The molecule has 0 atom stereocenters. The lowest BCUT2D eigenvalue weighted by molar-refractivity contribution is 0.0995. The summed E-state index contributed by atoms with van der Waals surface area (Å²) in [5, 5.41) is 4.70. The molecule has 2 aliphatic rings. The first kappa shape index (κ1) is 16.0. The van der Waals surface area contributed by atoms with Crippen LogP contribution in [0.3, 0.4) is 0 Å². The maximum atomic E-state index is 12.9. The first-order chi connectivity index (χ1) is 13.2. The van der Waals surface area contributed by atoms with E-state index in [1.807, 2.05) is 42.1 Å². The molecule has 7 nitrogen and oxygen atoms in total. The number of carbonyl (C=O) groups is 1. The van der Waals surface area contributed by atoms with Gasteiger partial charge >= 0.3 is 0 Å². The van der Waals surface area contributed by atoms with E-state index in [-0.39, 0.29) is 5.91 Å². The minimum atomic E-state index is -0.0124. The highest BCUT2D eigenvalue weighted by Gasteiger charge is 2.34. The molecule has 0 aromatic carbocycles. The highest BCUT2D eigenvalue weighted by Crippen LogP contribution is 2.30. The molecule has 0 saturated carbocycles. The molecule has 5 heterocycles. The van der Waals surface area contributed by atoms with E-state index < -0.39 is 0 Å². The van der Waals surface area contributed by atoms with Crippen LogP contribution < -0.4 is 9.80 Å². The van der Waals surface area contributed by atoms with Gasteiger partial charge in [0, 0.05) is 31.2 Å². The predicted molar refractivity (Wildman–Crippen MR) is 102 cm³/mol. The van der Waals surface area contributed by atoms with Gasteiger partial charge in [0.25, 0.3) is 5.91 Å². The van der Waals surface area contributed by atoms with Gasteiger partial charge in [-0.05, 0) is 44.0 Å². The number of pyridine rings is 2. The molecule has 1 amide bonds. The van der Waals surface area contributed by atoms with Crippen LogP contribution in [0.2, 0.25) is 0 Å². The summed E-state index contributed by atoms with van der Waals surface area (Å²) in [6, 6.07) is 7.75. The Labute approximate surface area is 157 Å². The van der Waals surface area contributed by atoms with Crippen LogP contribution in [0.5, 0.6) is 0 Å². The van der Waals surface area contributed by atoms with Gasteiger partial charge in [0.15, 0.2) is 0 Å². The van der Waals surface area contributed by atoms with Crippen LogP contribution in [-0.4, -0.2) is 38.7 Å². The maximum Gasteiger partial charge on any atom is 0.262 e. The molecule has 27 heavy (non-hydrogen) atoms. The third kappa shape index (κ3) is 2.58. The van der Waals surface area contributed by atoms with Crippen molar-refractivity contribution < 1.29 is 4.79 Å². The van der Waals surface area contributed by atoms with Crippen molar-refractivity contribution in [2.75, 3.05) is 22.9 Å². The Morgan fingerprint density at radius 1 is 1.00 bits per heavy atom. The standard InChI is InChI=1S/C20H20N6O/c1-14-19-17(13-25(20(19)27)15-6-8-21-9-7-15)23-26(14)16-4-5-18(22-12-16)24-10-2-3-11-24/h4-9,12H,2-3,10-11,13H2,1H3. The fraction of sp³-hybridized carbons (Fsp3) is 0.300. The quantitative estimate of drug-likeness (QED) is 0.718. The van der Waals surface area contributed by atoms with E-state index in [2.05, 4.69) is 14.9 Å². The first-order valence-corrected chi connectivity index (χ1v) is 9.24. The fourth-order valence-electron chi connectivity index (χ4n) is 3.93. The first-order valence-electron chi connectivity index (χ1n) is 9.24. The number of aromatic nitrogens is 4. The summed E-state index contributed by atoms with van der Waals surface area (Å²) in [5.74, 6) is 0.995. The molecule has 3 aromatic rings. The maximum absolute atomic E-state index is 12.9. The van der Waals surface area contributed by atoms with Crippen LogP contribution in [0.4, 0.5) is 11.5 Å². The van der Waals surface area contributed by atoms with Gasteiger partial charge in [-0.15, -0.1) is 0 Å². The third-order valence-corrected chi connectivity index (χ3v) is 5.34. The molecular formula is C20H20N6O. The van der Waals surface area contributed by atoms with Crippen LogP contribution >= 0.6 is 0 Å². The largest absolute Gasteiger partial charge is 0.357 e. The predicted octanol–water partition coefficient (Wildman–Crippen LogP) is 2.73. The van der Waals surface area contributed by atoms with Crippen molar-refractivity contribution in [2.24, 2.45) is 0 Å². The van der Waals surface area contributed by atoms with Gasteiger partial charge in [0.05, 0.1) is 35.4 Å². The zero-order chi connectivity index (χ0) is 18.4. The van der Waals surface area contributed by atoms with Gasteiger partial charge in [0.1, 0.15) is 5.82 Å². The normalized spacial score (nSPS) is 16.3. The van der Waals surface area contributed by atoms with E-state index in [9.17, 15) is 4.79 Å². The molecule has 0 spiro atoms. The summed E-state index contributed by atoms with van der Waals surface area (Å²) < 4.78 is 1.83. The number of anilines is 2. The van der Waals surface area contributed by atoms with Gasteiger partial charge in [0.2, 0.25) is 0 Å². The summed E-state index contributed by atoms with van der Waals surface area (Å²) >= 11 is 0. The number of amides is 1. The van der Waals surface area contributed by atoms with Crippen LogP contribution in [0.25, 0.3) is 5.69 Å². The summed E-state index contributed by atoms with van der Waals surface area (Å²) in [6.07, 6.45) is 7.68. The van der Waals surface area contributed by atoms with Gasteiger partial charge in [-0.1, -0.05) is 0 Å². The van der Waals surface area contributed by atoms with Crippen molar-refractivity contribution in [3.05, 3.63) is 59.8 Å². The van der Waals surface area contributed by atoms with Gasteiger partial charge < -0.3 is 9.80 Å². The zero-order valence-electron chi connectivity index (χ0n) is 15.2. The summed E-state index contributed by atoms with van der Waals surface area (Å²) in [7, 11) is 0. The topological polar surface area (TPSA) is 67.2 Å². The van der Waals surface area contributed by atoms with Crippen molar-refractivity contribution in [3.8, 4) is 5.69 Å². The molecule has 3 aromatic heterocycles. The lowest BCUT2D eigenvalue weighted by Gasteiger charge is -2.17. The summed E-state index contributed by atoms with van der Waals surface area (Å²) in [4.78, 5) is 25.6. The minimum absolute atomic E-state index is 0.0124. The Kier molecular flexibility index (Phi) is 3.67. The van der Waals surface area contributed by atoms with Gasteiger partial charge in [-0.25, -0.2) is 9.67 Å². The second-order valence-corrected chi connectivity index (χ2v) is 6.98. The number of fused-ring (bicyclic) bond motifs is 1. The Morgan fingerprint density at radius 3 is 2.44 bits per heavy atom. The minimum Gasteiger partial charge on any atom is -0.357 e. The molecule has 1 saturated heterocycles. The fourth-order valence-corrected chi connectivity index (χ4v) is 3.93. The average molecular weight is 360 g/mol. The zero-order valence-corrected chi connectivity index (χ0v) is 15.2. The number of nitrogens with zero attached hydrogens (tertiary/aromatic N) is 6. The molecular weight excluding hydrogens is 340 g/mol. The molecule has 0 radical (unpaired) electrons. The SMILES string of the molecule is Cc1c2c(nn1-c1ccc(N3CCCC3)nc1)CN(c1ccncc1)C2=O. The van der Waals surface area contributed by atoms with Crippen molar-refractivity contribution in [3.63, 3.8) is 0 Å². The molecule has 7 heteroatoms. The Balaban J connectivity index is 1.44. The van der Waals surface area contributed by atoms with Crippen LogP contribution in [0.1, 0.15) is 34.6 Å². The van der Waals surface area contributed by atoms with Crippen LogP contribution in [-0.2, 0) is 6.54 Å².